The van der Waals surface area contributed by atoms with Gasteiger partial charge < -0.3 is 0 Å². The molecule has 0 bridgehead atoms. The molecular formula is C28H28O2S2. The lowest BCUT2D eigenvalue weighted by Crippen LogP contribution is -1.99. The molecule has 0 saturated heterocycles. The Kier molecular flexibility index (Phi) is 10.1. The summed E-state index contributed by atoms with van der Waals surface area (Å²) < 4.78 is 23.8. The molecule has 0 aliphatic heterocycles. The Balaban J connectivity index is 0.000000181. The summed E-state index contributed by atoms with van der Waals surface area (Å²) in [4.78, 5) is 0. The van der Waals surface area contributed by atoms with Crippen LogP contribution >= 0.6 is 0 Å². The van der Waals surface area contributed by atoms with Crippen LogP contribution in [0.5, 0.6) is 0 Å². The van der Waals surface area contributed by atoms with Crippen LogP contribution in [0.3, 0.4) is 0 Å². The summed E-state index contributed by atoms with van der Waals surface area (Å²) in [7, 11) is -1.64. The minimum Gasteiger partial charge on any atom is -0.259 e. The van der Waals surface area contributed by atoms with E-state index in [0.29, 0.717) is 23.0 Å². The molecule has 0 heterocycles. The molecule has 0 aliphatic carbocycles. The van der Waals surface area contributed by atoms with Crippen LogP contribution in [0.15, 0.2) is 121 Å². The van der Waals surface area contributed by atoms with Crippen LogP contribution in [0.4, 0.5) is 0 Å². The molecule has 4 rings (SSSR count). The van der Waals surface area contributed by atoms with E-state index in [2.05, 4.69) is 0 Å². The molecular weight excluding hydrogens is 432 g/mol. The summed E-state index contributed by atoms with van der Waals surface area (Å²) in [6, 6.07) is 39.9. The third kappa shape index (κ3) is 9.13. The van der Waals surface area contributed by atoms with Crippen molar-refractivity contribution in [3.63, 3.8) is 0 Å². The first-order chi connectivity index (χ1) is 15.7. The maximum absolute atomic E-state index is 11.9. The normalized spacial score (nSPS) is 10.6. The Labute approximate surface area is 196 Å². The molecule has 4 heteroatoms. The third-order valence-electron chi connectivity index (χ3n) is 4.68. The second kappa shape index (κ2) is 13.6. The first-order valence-corrected chi connectivity index (χ1v) is 13.5. The van der Waals surface area contributed by atoms with E-state index in [1.807, 2.05) is 121 Å². The highest BCUT2D eigenvalue weighted by molar-refractivity contribution is 7.83. The fraction of sp³-hybridized carbons (Fsp3) is 0.143. The molecule has 0 N–H and O–H groups in total. The number of benzene rings is 4. The van der Waals surface area contributed by atoms with Gasteiger partial charge >= 0.3 is 0 Å². The van der Waals surface area contributed by atoms with Gasteiger partial charge in [-0.15, -0.1) is 0 Å². The van der Waals surface area contributed by atoms with Crippen LogP contribution in [0.1, 0.15) is 22.3 Å². The van der Waals surface area contributed by atoms with E-state index in [1.54, 1.807) is 0 Å². The Morgan fingerprint density at radius 1 is 0.344 bits per heavy atom. The van der Waals surface area contributed by atoms with Gasteiger partial charge in [-0.1, -0.05) is 121 Å². The molecule has 32 heavy (non-hydrogen) atoms. The Morgan fingerprint density at radius 2 is 0.531 bits per heavy atom. The van der Waals surface area contributed by atoms with Gasteiger partial charge in [0.15, 0.2) is 0 Å². The molecule has 0 saturated carbocycles. The maximum atomic E-state index is 11.9. The van der Waals surface area contributed by atoms with Gasteiger partial charge in [0.2, 0.25) is 0 Å². The zero-order chi connectivity index (χ0) is 22.4. The van der Waals surface area contributed by atoms with Gasteiger partial charge in [-0.2, -0.15) is 0 Å². The summed E-state index contributed by atoms with van der Waals surface area (Å²) in [5.41, 5.74) is 4.54. The van der Waals surface area contributed by atoms with Gasteiger partial charge in [-0.25, -0.2) is 0 Å². The van der Waals surface area contributed by atoms with E-state index >= 15 is 0 Å². The highest BCUT2D eigenvalue weighted by Crippen LogP contribution is 2.09. The summed E-state index contributed by atoms with van der Waals surface area (Å²) in [6.07, 6.45) is 0. The van der Waals surface area contributed by atoms with Crippen molar-refractivity contribution in [3.8, 4) is 0 Å². The first-order valence-electron chi connectivity index (χ1n) is 10.5. The van der Waals surface area contributed by atoms with E-state index in [9.17, 15) is 8.42 Å². The second-order valence-electron chi connectivity index (χ2n) is 7.40. The largest absolute Gasteiger partial charge is 0.259 e. The Morgan fingerprint density at radius 3 is 0.719 bits per heavy atom. The average molecular weight is 461 g/mol. The van der Waals surface area contributed by atoms with E-state index in [1.165, 1.54) is 0 Å². The zero-order valence-electron chi connectivity index (χ0n) is 18.0. The monoisotopic (exact) mass is 460 g/mol. The SMILES string of the molecule is O=S(Cc1ccccc1)Cc1ccccc1.O=S(Cc1ccccc1)Cc1ccccc1. The topological polar surface area (TPSA) is 34.1 Å². The molecule has 4 aromatic rings. The van der Waals surface area contributed by atoms with Crippen molar-refractivity contribution in [2.45, 2.75) is 23.0 Å². The van der Waals surface area contributed by atoms with Crippen LogP contribution in [0.2, 0.25) is 0 Å². The van der Waals surface area contributed by atoms with Crippen LogP contribution in [0, 0.1) is 0 Å². The Bertz CT molecular complexity index is 905. The van der Waals surface area contributed by atoms with Gasteiger partial charge in [0, 0.05) is 44.6 Å². The maximum Gasteiger partial charge on any atom is 0.0489 e. The molecule has 0 unspecified atom stereocenters. The fourth-order valence-corrected chi connectivity index (χ4v) is 5.60. The molecule has 0 fully saturated rings. The van der Waals surface area contributed by atoms with Crippen molar-refractivity contribution in [1.29, 1.82) is 0 Å². The van der Waals surface area contributed by atoms with E-state index in [0.717, 1.165) is 22.3 Å². The molecule has 0 aliphatic rings. The predicted molar refractivity (Wildman–Crippen MR) is 137 cm³/mol. The molecule has 0 radical (unpaired) electrons. The van der Waals surface area contributed by atoms with Crippen LogP contribution in [-0.4, -0.2) is 8.42 Å². The van der Waals surface area contributed by atoms with Crippen molar-refractivity contribution < 1.29 is 8.42 Å². The standard InChI is InChI=1S/2C14H14OS/c2*15-16(11-13-7-3-1-4-8-13)12-14-9-5-2-6-10-14/h2*1-10H,11-12H2. The van der Waals surface area contributed by atoms with Crippen LogP contribution in [0.25, 0.3) is 0 Å². The molecule has 0 atom stereocenters. The van der Waals surface area contributed by atoms with Crippen molar-refractivity contribution >= 4 is 21.6 Å². The summed E-state index contributed by atoms with van der Waals surface area (Å²) in [5.74, 6) is 2.54. The van der Waals surface area contributed by atoms with Crippen LogP contribution < -0.4 is 0 Å². The second-order valence-corrected chi connectivity index (χ2v) is 10.3. The number of rotatable bonds is 8. The quantitative estimate of drug-likeness (QED) is 0.310. The molecule has 2 nitrogen and oxygen atoms in total. The van der Waals surface area contributed by atoms with E-state index in [-0.39, 0.29) is 0 Å². The summed E-state index contributed by atoms with van der Waals surface area (Å²) >= 11 is 0. The van der Waals surface area contributed by atoms with E-state index in [4.69, 9.17) is 0 Å². The molecule has 0 aromatic heterocycles. The zero-order valence-corrected chi connectivity index (χ0v) is 19.6. The van der Waals surface area contributed by atoms with Crippen molar-refractivity contribution in [2.75, 3.05) is 0 Å². The van der Waals surface area contributed by atoms with Crippen molar-refractivity contribution in [1.82, 2.24) is 0 Å². The lowest BCUT2D eigenvalue weighted by atomic mass is 10.2. The van der Waals surface area contributed by atoms with E-state index < -0.39 is 21.6 Å². The molecule has 0 amide bonds. The van der Waals surface area contributed by atoms with Gasteiger partial charge in [0.05, 0.1) is 0 Å². The van der Waals surface area contributed by atoms with Gasteiger partial charge in [0.25, 0.3) is 0 Å². The minimum atomic E-state index is -0.822. The first kappa shape index (κ1) is 23.8. The van der Waals surface area contributed by atoms with Gasteiger partial charge in [-0.05, 0) is 22.3 Å². The van der Waals surface area contributed by atoms with Crippen molar-refractivity contribution in [3.05, 3.63) is 144 Å². The van der Waals surface area contributed by atoms with Gasteiger partial charge in [-0.3, -0.25) is 8.42 Å². The lowest BCUT2D eigenvalue weighted by Gasteiger charge is -2.02. The number of hydrogen-bond acceptors (Lipinski definition) is 2. The minimum absolute atomic E-state index is 0.635. The molecule has 4 aromatic carbocycles. The van der Waals surface area contributed by atoms with Gasteiger partial charge in [0.1, 0.15) is 0 Å². The lowest BCUT2D eigenvalue weighted by molar-refractivity contribution is 0.681. The van der Waals surface area contributed by atoms with Crippen molar-refractivity contribution in [2.24, 2.45) is 0 Å². The highest BCUT2D eigenvalue weighted by Gasteiger charge is 2.03. The predicted octanol–water partition coefficient (Wildman–Crippen LogP) is 6.27. The van der Waals surface area contributed by atoms with Crippen LogP contribution in [-0.2, 0) is 44.6 Å². The summed E-state index contributed by atoms with van der Waals surface area (Å²) in [5, 5.41) is 0. The Hall–Kier alpha value is -2.82. The smallest absolute Gasteiger partial charge is 0.0489 e. The average Bonchev–Trinajstić information content (AvgIpc) is 2.82. The highest BCUT2D eigenvalue weighted by atomic mass is 32.2. The number of hydrogen-bond donors (Lipinski definition) is 0. The summed E-state index contributed by atoms with van der Waals surface area (Å²) in [6.45, 7) is 0. The molecule has 164 valence electrons. The molecule has 0 spiro atoms. The third-order valence-corrected chi connectivity index (χ3v) is 7.30. The fourth-order valence-electron chi connectivity index (χ4n) is 3.14.